The van der Waals surface area contributed by atoms with Crippen molar-refractivity contribution < 1.29 is 23.8 Å². The lowest BCUT2D eigenvalue weighted by molar-refractivity contribution is 0.0691. The van der Waals surface area contributed by atoms with Crippen molar-refractivity contribution in [3.63, 3.8) is 0 Å². The summed E-state index contributed by atoms with van der Waals surface area (Å²) in [7, 11) is 2.59. The molecule has 1 rings (SSSR count). The monoisotopic (exact) mass is 215 g/mol. The number of carboxylic acids is 1. The van der Waals surface area contributed by atoms with Crippen LogP contribution in [0.2, 0.25) is 0 Å². The average molecular weight is 215 g/mol. The van der Waals surface area contributed by atoms with Crippen LogP contribution in [0.3, 0.4) is 0 Å². The number of ether oxygens (including phenoxy) is 2. The molecule has 0 aromatic heterocycles. The SMILES string of the molecule is COc1cc(C(=O)O)c(F)c(N)c1OC. The van der Waals surface area contributed by atoms with Crippen molar-refractivity contribution in [1.29, 1.82) is 0 Å². The maximum Gasteiger partial charge on any atom is 0.338 e. The summed E-state index contributed by atoms with van der Waals surface area (Å²) in [4.78, 5) is 10.6. The summed E-state index contributed by atoms with van der Waals surface area (Å²) in [6, 6.07) is 1.02. The summed E-state index contributed by atoms with van der Waals surface area (Å²) >= 11 is 0. The van der Waals surface area contributed by atoms with Crippen molar-refractivity contribution in [2.75, 3.05) is 20.0 Å². The third-order valence-electron chi connectivity index (χ3n) is 1.87. The van der Waals surface area contributed by atoms with Gasteiger partial charge in [-0.15, -0.1) is 0 Å². The molecule has 0 saturated carbocycles. The molecule has 0 spiro atoms. The largest absolute Gasteiger partial charge is 0.493 e. The summed E-state index contributed by atoms with van der Waals surface area (Å²) in [6.07, 6.45) is 0. The quantitative estimate of drug-likeness (QED) is 0.738. The van der Waals surface area contributed by atoms with Crippen molar-refractivity contribution in [2.45, 2.75) is 0 Å². The van der Waals surface area contributed by atoms with E-state index in [9.17, 15) is 9.18 Å². The highest BCUT2D eigenvalue weighted by Crippen LogP contribution is 2.37. The molecule has 82 valence electrons. The number of halogens is 1. The first-order valence-corrected chi connectivity index (χ1v) is 3.96. The number of aromatic carboxylic acids is 1. The molecule has 0 unspecified atom stereocenters. The Labute approximate surface area is 85.2 Å². The summed E-state index contributed by atoms with van der Waals surface area (Å²) in [5.74, 6) is -2.38. The molecule has 0 atom stereocenters. The maximum absolute atomic E-state index is 13.4. The van der Waals surface area contributed by atoms with Crippen LogP contribution in [0.1, 0.15) is 10.4 Å². The van der Waals surface area contributed by atoms with Gasteiger partial charge in [-0.1, -0.05) is 0 Å². The van der Waals surface area contributed by atoms with Crippen LogP contribution >= 0.6 is 0 Å². The maximum atomic E-state index is 13.4. The number of hydrogen-bond acceptors (Lipinski definition) is 4. The molecule has 3 N–H and O–H groups in total. The Balaban J connectivity index is 3.49. The number of nitrogens with two attached hydrogens (primary N) is 1. The van der Waals surface area contributed by atoms with E-state index in [-0.39, 0.29) is 17.2 Å². The standard InChI is InChI=1S/C9H10FNO4/c1-14-5-3-4(9(12)13)6(10)7(11)8(5)15-2/h3H,11H2,1-2H3,(H,12,13). The molecule has 5 nitrogen and oxygen atoms in total. The number of anilines is 1. The van der Waals surface area contributed by atoms with E-state index in [0.29, 0.717) is 0 Å². The Morgan fingerprint density at radius 2 is 2.07 bits per heavy atom. The van der Waals surface area contributed by atoms with Crippen LogP contribution in [-0.4, -0.2) is 25.3 Å². The molecule has 0 aliphatic heterocycles. The van der Waals surface area contributed by atoms with Gasteiger partial charge in [0.1, 0.15) is 11.3 Å². The highest BCUT2D eigenvalue weighted by molar-refractivity contribution is 5.91. The van der Waals surface area contributed by atoms with Crippen molar-refractivity contribution in [3.8, 4) is 11.5 Å². The molecule has 15 heavy (non-hydrogen) atoms. The Bertz CT molecular complexity index is 406. The van der Waals surface area contributed by atoms with E-state index in [2.05, 4.69) is 0 Å². The van der Waals surface area contributed by atoms with Crippen LogP contribution in [0.15, 0.2) is 6.07 Å². The number of methoxy groups -OCH3 is 2. The van der Waals surface area contributed by atoms with E-state index in [1.54, 1.807) is 0 Å². The topological polar surface area (TPSA) is 81.8 Å². The van der Waals surface area contributed by atoms with Crippen molar-refractivity contribution >= 4 is 11.7 Å². The summed E-state index contributed by atoms with van der Waals surface area (Å²) in [5, 5.41) is 8.68. The fraction of sp³-hybridized carbons (Fsp3) is 0.222. The zero-order valence-corrected chi connectivity index (χ0v) is 8.20. The molecule has 0 saturated heterocycles. The Kier molecular flexibility index (Phi) is 2.99. The third-order valence-corrected chi connectivity index (χ3v) is 1.87. The Hall–Kier alpha value is -1.98. The lowest BCUT2D eigenvalue weighted by atomic mass is 10.1. The van der Waals surface area contributed by atoms with Gasteiger partial charge in [0.25, 0.3) is 0 Å². The first kappa shape index (κ1) is 11.1. The second-order valence-corrected chi connectivity index (χ2v) is 2.69. The molecule has 1 aromatic carbocycles. The number of carboxylic acid groups (broad SMARTS) is 1. The Morgan fingerprint density at radius 1 is 1.47 bits per heavy atom. The molecule has 0 amide bonds. The second-order valence-electron chi connectivity index (χ2n) is 2.69. The van der Waals surface area contributed by atoms with Crippen LogP contribution < -0.4 is 15.2 Å². The van der Waals surface area contributed by atoms with Crippen LogP contribution in [0, 0.1) is 5.82 Å². The molecule has 0 fully saturated rings. The zero-order valence-electron chi connectivity index (χ0n) is 8.20. The lowest BCUT2D eigenvalue weighted by Gasteiger charge is -2.12. The van der Waals surface area contributed by atoms with Gasteiger partial charge in [0.2, 0.25) is 0 Å². The predicted molar refractivity (Wildman–Crippen MR) is 50.9 cm³/mol. The summed E-state index contributed by atoms with van der Waals surface area (Å²) < 4.78 is 23.0. The highest BCUT2D eigenvalue weighted by atomic mass is 19.1. The fourth-order valence-corrected chi connectivity index (χ4v) is 1.16. The van der Waals surface area contributed by atoms with Crippen molar-refractivity contribution in [3.05, 3.63) is 17.4 Å². The lowest BCUT2D eigenvalue weighted by Crippen LogP contribution is -2.07. The molecular formula is C9H10FNO4. The van der Waals surface area contributed by atoms with E-state index < -0.39 is 17.3 Å². The van der Waals surface area contributed by atoms with E-state index in [0.717, 1.165) is 6.07 Å². The molecule has 0 heterocycles. The van der Waals surface area contributed by atoms with Gasteiger partial charge in [0.05, 0.1) is 14.2 Å². The van der Waals surface area contributed by atoms with E-state index in [1.165, 1.54) is 14.2 Å². The molecule has 0 aliphatic rings. The van der Waals surface area contributed by atoms with Gasteiger partial charge in [-0.3, -0.25) is 0 Å². The third kappa shape index (κ3) is 1.78. The van der Waals surface area contributed by atoms with Gasteiger partial charge in [0.15, 0.2) is 17.3 Å². The first-order valence-electron chi connectivity index (χ1n) is 3.96. The van der Waals surface area contributed by atoms with Crippen LogP contribution in [-0.2, 0) is 0 Å². The molecule has 0 bridgehead atoms. The van der Waals surface area contributed by atoms with Crippen LogP contribution in [0.25, 0.3) is 0 Å². The second kappa shape index (κ2) is 4.04. The Morgan fingerprint density at radius 3 is 2.47 bits per heavy atom. The number of benzene rings is 1. The smallest absolute Gasteiger partial charge is 0.338 e. The fourth-order valence-electron chi connectivity index (χ4n) is 1.16. The van der Waals surface area contributed by atoms with Gasteiger partial charge in [-0.05, 0) is 0 Å². The van der Waals surface area contributed by atoms with Gasteiger partial charge in [0, 0.05) is 6.07 Å². The van der Waals surface area contributed by atoms with E-state index in [1.807, 2.05) is 0 Å². The summed E-state index contributed by atoms with van der Waals surface area (Å²) in [6.45, 7) is 0. The molecule has 0 radical (unpaired) electrons. The number of rotatable bonds is 3. The van der Waals surface area contributed by atoms with Crippen molar-refractivity contribution in [1.82, 2.24) is 0 Å². The van der Waals surface area contributed by atoms with Gasteiger partial charge < -0.3 is 20.3 Å². The highest BCUT2D eigenvalue weighted by Gasteiger charge is 2.21. The van der Waals surface area contributed by atoms with Crippen LogP contribution in [0.5, 0.6) is 11.5 Å². The van der Waals surface area contributed by atoms with Crippen LogP contribution in [0.4, 0.5) is 10.1 Å². The number of carbonyl (C=O) groups is 1. The molecule has 0 aliphatic carbocycles. The molecule has 1 aromatic rings. The zero-order chi connectivity index (χ0) is 11.6. The van der Waals surface area contributed by atoms with Gasteiger partial charge in [-0.25, -0.2) is 9.18 Å². The molecule has 6 heteroatoms. The first-order chi connectivity index (χ1) is 7.02. The molecular weight excluding hydrogens is 205 g/mol. The number of nitrogen functional groups attached to an aromatic ring is 1. The minimum absolute atomic E-state index is 0.0139. The van der Waals surface area contributed by atoms with Gasteiger partial charge in [-0.2, -0.15) is 0 Å². The van der Waals surface area contributed by atoms with Gasteiger partial charge >= 0.3 is 5.97 Å². The van der Waals surface area contributed by atoms with E-state index in [4.69, 9.17) is 20.3 Å². The average Bonchev–Trinajstić information content (AvgIpc) is 2.21. The summed E-state index contributed by atoms with van der Waals surface area (Å²) in [5.41, 5.74) is 4.43. The predicted octanol–water partition coefficient (Wildman–Crippen LogP) is 1.12. The normalized spacial score (nSPS) is 9.80. The van der Waals surface area contributed by atoms with Crippen molar-refractivity contribution in [2.24, 2.45) is 0 Å². The number of hydrogen-bond donors (Lipinski definition) is 2. The minimum atomic E-state index is -1.42. The van der Waals surface area contributed by atoms with E-state index >= 15 is 0 Å². The minimum Gasteiger partial charge on any atom is -0.493 e.